The van der Waals surface area contributed by atoms with Crippen molar-refractivity contribution in [3.63, 3.8) is 0 Å². The highest BCUT2D eigenvalue weighted by Gasteiger charge is 2.37. The fourth-order valence-electron chi connectivity index (χ4n) is 1.73. The lowest BCUT2D eigenvalue weighted by Crippen LogP contribution is -2.39. The highest BCUT2D eigenvalue weighted by molar-refractivity contribution is 9.10. The molecule has 0 aromatic heterocycles. The van der Waals surface area contributed by atoms with Crippen molar-refractivity contribution in [2.24, 2.45) is 0 Å². The lowest BCUT2D eigenvalue weighted by Gasteiger charge is -2.32. The summed E-state index contributed by atoms with van der Waals surface area (Å²) >= 11 is 3.36. The van der Waals surface area contributed by atoms with Crippen molar-refractivity contribution in [2.45, 2.75) is 19.6 Å². The van der Waals surface area contributed by atoms with Gasteiger partial charge in [0, 0.05) is 21.0 Å². The van der Waals surface area contributed by atoms with Gasteiger partial charge in [-0.25, -0.2) is 4.79 Å². The van der Waals surface area contributed by atoms with Gasteiger partial charge < -0.3 is 18.9 Å². The van der Waals surface area contributed by atoms with Gasteiger partial charge in [-0.1, -0.05) is 0 Å². The van der Waals surface area contributed by atoms with Gasteiger partial charge in [-0.2, -0.15) is 0 Å². The largest absolute Gasteiger partial charge is 0.490 e. The zero-order valence-corrected chi connectivity index (χ0v) is 12.6. The standard InChI is InChI=1S/C13H15BrO5/c1-13(2)18-11-8(14)4-5-9(17-7-6-16-3)10(11)12(15)19-13/h4-5H,6-7H2,1-3H3. The van der Waals surface area contributed by atoms with E-state index in [4.69, 9.17) is 18.9 Å². The molecule has 19 heavy (non-hydrogen) atoms. The maximum Gasteiger partial charge on any atom is 0.349 e. The molecule has 104 valence electrons. The number of ether oxygens (including phenoxy) is 4. The monoisotopic (exact) mass is 330 g/mol. The Bertz CT molecular complexity index is 498. The van der Waals surface area contributed by atoms with Gasteiger partial charge in [0.15, 0.2) is 5.75 Å². The highest BCUT2D eigenvalue weighted by Crippen LogP contribution is 2.41. The number of esters is 1. The van der Waals surface area contributed by atoms with Crippen LogP contribution in [0.4, 0.5) is 0 Å². The van der Waals surface area contributed by atoms with Crippen LogP contribution in [0.1, 0.15) is 24.2 Å². The van der Waals surface area contributed by atoms with E-state index in [9.17, 15) is 4.79 Å². The van der Waals surface area contributed by atoms with Crippen molar-refractivity contribution >= 4 is 21.9 Å². The van der Waals surface area contributed by atoms with Crippen LogP contribution in [0.2, 0.25) is 0 Å². The number of halogens is 1. The van der Waals surface area contributed by atoms with Crippen LogP contribution in [0.15, 0.2) is 16.6 Å². The Balaban J connectivity index is 2.36. The number of fused-ring (bicyclic) bond motifs is 1. The maximum absolute atomic E-state index is 12.1. The molecule has 0 radical (unpaired) electrons. The summed E-state index contributed by atoms with van der Waals surface area (Å²) in [6, 6.07) is 3.47. The highest BCUT2D eigenvalue weighted by atomic mass is 79.9. The van der Waals surface area contributed by atoms with Crippen molar-refractivity contribution in [1.29, 1.82) is 0 Å². The van der Waals surface area contributed by atoms with E-state index in [-0.39, 0.29) is 0 Å². The molecule has 0 aliphatic carbocycles. The van der Waals surface area contributed by atoms with Gasteiger partial charge in [-0.3, -0.25) is 0 Å². The molecule has 1 aromatic carbocycles. The zero-order chi connectivity index (χ0) is 14.0. The van der Waals surface area contributed by atoms with Gasteiger partial charge in [0.25, 0.3) is 0 Å². The lowest BCUT2D eigenvalue weighted by molar-refractivity contribution is -0.128. The third kappa shape index (κ3) is 3.01. The summed E-state index contributed by atoms with van der Waals surface area (Å²) < 4.78 is 22.0. The molecule has 1 aliphatic rings. The van der Waals surface area contributed by atoms with E-state index in [1.165, 1.54) is 0 Å². The average Bonchev–Trinajstić information content (AvgIpc) is 2.31. The molecule has 0 fully saturated rings. The zero-order valence-electron chi connectivity index (χ0n) is 11.0. The number of rotatable bonds is 4. The molecule has 0 saturated carbocycles. The molecule has 1 aromatic rings. The summed E-state index contributed by atoms with van der Waals surface area (Å²) in [5.41, 5.74) is 0.296. The normalized spacial score (nSPS) is 16.3. The maximum atomic E-state index is 12.1. The smallest absolute Gasteiger partial charge is 0.349 e. The third-order valence-corrected chi connectivity index (χ3v) is 3.13. The molecule has 0 amide bonds. The number of methoxy groups -OCH3 is 1. The number of cyclic esters (lactones) is 1. The first kappa shape index (κ1) is 14.1. The van der Waals surface area contributed by atoms with Gasteiger partial charge >= 0.3 is 5.97 Å². The molecule has 1 heterocycles. The van der Waals surface area contributed by atoms with Gasteiger partial charge in [0.2, 0.25) is 5.79 Å². The minimum Gasteiger partial charge on any atom is -0.490 e. The van der Waals surface area contributed by atoms with Crippen molar-refractivity contribution in [3.05, 3.63) is 22.2 Å². The van der Waals surface area contributed by atoms with E-state index < -0.39 is 11.8 Å². The second-order valence-corrected chi connectivity index (χ2v) is 5.34. The van der Waals surface area contributed by atoms with Gasteiger partial charge in [-0.15, -0.1) is 0 Å². The quantitative estimate of drug-likeness (QED) is 0.627. The second-order valence-electron chi connectivity index (χ2n) is 4.48. The Morgan fingerprint density at radius 1 is 1.26 bits per heavy atom. The topological polar surface area (TPSA) is 54.0 Å². The number of benzene rings is 1. The van der Waals surface area contributed by atoms with Crippen LogP contribution in [0, 0.1) is 0 Å². The summed E-state index contributed by atoms with van der Waals surface area (Å²) in [5.74, 6) is -0.579. The Morgan fingerprint density at radius 3 is 2.68 bits per heavy atom. The van der Waals surface area contributed by atoms with Crippen LogP contribution in [-0.4, -0.2) is 32.1 Å². The average molecular weight is 331 g/mol. The molecular formula is C13H15BrO5. The van der Waals surface area contributed by atoms with Crippen molar-refractivity contribution in [1.82, 2.24) is 0 Å². The minimum absolute atomic E-state index is 0.296. The summed E-state index contributed by atoms with van der Waals surface area (Å²) in [6.45, 7) is 4.14. The molecule has 0 unspecified atom stereocenters. The van der Waals surface area contributed by atoms with Crippen molar-refractivity contribution in [3.8, 4) is 11.5 Å². The van der Waals surface area contributed by atoms with E-state index in [2.05, 4.69) is 15.9 Å². The summed E-state index contributed by atoms with van der Waals surface area (Å²) in [7, 11) is 1.58. The number of hydrogen-bond donors (Lipinski definition) is 0. The number of carbonyl (C=O) groups excluding carboxylic acids is 1. The predicted octanol–water partition coefficient (Wildman–Crippen LogP) is 2.76. The Labute approximate surface area is 119 Å². The molecule has 0 N–H and O–H groups in total. The van der Waals surface area contributed by atoms with Gasteiger partial charge in [-0.05, 0) is 28.1 Å². The van der Waals surface area contributed by atoms with Crippen LogP contribution in [0.5, 0.6) is 11.5 Å². The molecule has 0 bridgehead atoms. The van der Waals surface area contributed by atoms with E-state index in [0.29, 0.717) is 34.7 Å². The van der Waals surface area contributed by atoms with E-state index >= 15 is 0 Å². The minimum atomic E-state index is -0.988. The van der Waals surface area contributed by atoms with Crippen LogP contribution in [0.3, 0.4) is 0 Å². The van der Waals surface area contributed by atoms with Crippen LogP contribution >= 0.6 is 15.9 Å². The van der Waals surface area contributed by atoms with E-state index in [1.54, 1.807) is 33.1 Å². The van der Waals surface area contributed by atoms with E-state index in [1.807, 2.05) is 0 Å². The summed E-state index contributed by atoms with van der Waals surface area (Å²) in [6.07, 6.45) is 0. The van der Waals surface area contributed by atoms with Crippen molar-refractivity contribution in [2.75, 3.05) is 20.3 Å². The summed E-state index contributed by atoms with van der Waals surface area (Å²) in [5, 5.41) is 0. The molecule has 0 atom stereocenters. The first-order chi connectivity index (χ1) is 8.94. The van der Waals surface area contributed by atoms with Crippen LogP contribution < -0.4 is 9.47 Å². The number of carbonyl (C=O) groups is 1. The van der Waals surface area contributed by atoms with Gasteiger partial charge in [0.05, 0.1) is 11.1 Å². The lowest BCUT2D eigenvalue weighted by atomic mass is 10.1. The predicted molar refractivity (Wildman–Crippen MR) is 71.6 cm³/mol. The summed E-state index contributed by atoms with van der Waals surface area (Å²) in [4.78, 5) is 12.1. The number of hydrogen-bond acceptors (Lipinski definition) is 5. The van der Waals surface area contributed by atoms with Crippen LogP contribution in [0.25, 0.3) is 0 Å². The molecule has 6 heteroatoms. The molecule has 0 spiro atoms. The molecule has 2 rings (SSSR count). The fourth-order valence-corrected chi connectivity index (χ4v) is 2.14. The van der Waals surface area contributed by atoms with Gasteiger partial charge in [0.1, 0.15) is 17.9 Å². The van der Waals surface area contributed by atoms with Crippen LogP contribution in [-0.2, 0) is 9.47 Å². The molecule has 0 saturated heterocycles. The SMILES string of the molecule is COCCOc1ccc(Br)c2c1C(=O)OC(C)(C)O2. The second kappa shape index (κ2) is 5.38. The molecular weight excluding hydrogens is 316 g/mol. The Morgan fingerprint density at radius 2 is 2.00 bits per heavy atom. The first-order valence-electron chi connectivity index (χ1n) is 5.81. The Hall–Kier alpha value is -1.27. The molecule has 1 aliphatic heterocycles. The fraction of sp³-hybridized carbons (Fsp3) is 0.462. The van der Waals surface area contributed by atoms with Crippen molar-refractivity contribution < 1.29 is 23.7 Å². The molecule has 5 nitrogen and oxygen atoms in total. The first-order valence-corrected chi connectivity index (χ1v) is 6.60. The van der Waals surface area contributed by atoms with E-state index in [0.717, 1.165) is 0 Å². The Kier molecular flexibility index (Phi) is 4.01. The third-order valence-electron chi connectivity index (χ3n) is 2.51.